The Morgan fingerprint density at radius 2 is 2.00 bits per heavy atom. The topological polar surface area (TPSA) is 67.3 Å². The first kappa shape index (κ1) is 15.3. The summed E-state index contributed by atoms with van der Waals surface area (Å²) in [5, 5.41) is 12.2. The number of benzene rings is 1. The molecule has 0 fully saturated rings. The van der Waals surface area contributed by atoms with Crippen LogP contribution in [-0.2, 0) is 6.42 Å². The summed E-state index contributed by atoms with van der Waals surface area (Å²) in [5.41, 5.74) is 1.90. The molecule has 0 spiro atoms. The van der Waals surface area contributed by atoms with Crippen LogP contribution in [-0.4, -0.2) is 28.7 Å². The Morgan fingerprint density at radius 3 is 2.67 bits per heavy atom. The lowest BCUT2D eigenvalue weighted by atomic mass is 10.1. The van der Waals surface area contributed by atoms with Crippen molar-refractivity contribution < 1.29 is 9.84 Å². The molecule has 0 aliphatic rings. The van der Waals surface area contributed by atoms with E-state index in [9.17, 15) is 0 Å². The van der Waals surface area contributed by atoms with E-state index in [1.54, 1.807) is 0 Å². The van der Waals surface area contributed by atoms with Gasteiger partial charge >= 0.3 is 0 Å². The standard InChI is InChI=1S/C16H21N3O2/c1-11(2)14-15(17-3)18-10-19-16(14)21-13-7-5-4-6-12(13)8-9-20/h4-7,10-11,20H,8-9H2,1-3H3,(H,17,18,19). The van der Waals surface area contributed by atoms with E-state index >= 15 is 0 Å². The molecule has 0 unspecified atom stereocenters. The van der Waals surface area contributed by atoms with Gasteiger partial charge in [-0.1, -0.05) is 32.0 Å². The quantitative estimate of drug-likeness (QED) is 0.855. The van der Waals surface area contributed by atoms with Crippen LogP contribution in [0.4, 0.5) is 5.82 Å². The molecule has 2 N–H and O–H groups in total. The van der Waals surface area contributed by atoms with Crippen LogP contribution < -0.4 is 10.1 Å². The van der Waals surface area contributed by atoms with Crippen LogP contribution in [0.25, 0.3) is 0 Å². The molecule has 5 nitrogen and oxygen atoms in total. The highest BCUT2D eigenvalue weighted by Gasteiger charge is 2.17. The summed E-state index contributed by atoms with van der Waals surface area (Å²) in [4.78, 5) is 8.51. The van der Waals surface area contributed by atoms with Crippen molar-refractivity contribution in [2.45, 2.75) is 26.2 Å². The van der Waals surface area contributed by atoms with Crippen molar-refractivity contribution in [1.29, 1.82) is 0 Å². The van der Waals surface area contributed by atoms with Gasteiger partial charge < -0.3 is 15.2 Å². The zero-order valence-corrected chi connectivity index (χ0v) is 12.6. The van der Waals surface area contributed by atoms with Crippen molar-refractivity contribution >= 4 is 5.82 Å². The van der Waals surface area contributed by atoms with Gasteiger partial charge in [-0.15, -0.1) is 0 Å². The van der Waals surface area contributed by atoms with E-state index in [0.29, 0.717) is 18.1 Å². The number of para-hydroxylation sites is 1. The second-order valence-electron chi connectivity index (χ2n) is 5.03. The van der Waals surface area contributed by atoms with E-state index in [1.165, 1.54) is 6.33 Å². The minimum atomic E-state index is 0.0863. The maximum Gasteiger partial charge on any atom is 0.227 e. The maximum absolute atomic E-state index is 9.14. The van der Waals surface area contributed by atoms with E-state index in [4.69, 9.17) is 9.84 Å². The fourth-order valence-corrected chi connectivity index (χ4v) is 2.21. The second-order valence-corrected chi connectivity index (χ2v) is 5.03. The predicted molar refractivity (Wildman–Crippen MR) is 83.0 cm³/mol. The molecule has 1 heterocycles. The average Bonchev–Trinajstić information content (AvgIpc) is 2.49. The molecule has 1 aromatic carbocycles. The smallest absolute Gasteiger partial charge is 0.227 e. The summed E-state index contributed by atoms with van der Waals surface area (Å²) >= 11 is 0. The van der Waals surface area contributed by atoms with Gasteiger partial charge in [0.25, 0.3) is 0 Å². The van der Waals surface area contributed by atoms with E-state index in [2.05, 4.69) is 29.1 Å². The van der Waals surface area contributed by atoms with Gasteiger partial charge in [0.1, 0.15) is 17.9 Å². The molecule has 2 rings (SSSR count). The lowest BCUT2D eigenvalue weighted by Gasteiger charge is -2.17. The largest absolute Gasteiger partial charge is 0.438 e. The summed E-state index contributed by atoms with van der Waals surface area (Å²) in [5.74, 6) is 2.27. The third-order valence-corrected chi connectivity index (χ3v) is 3.22. The Labute approximate surface area is 125 Å². The number of rotatable bonds is 6. The summed E-state index contributed by atoms with van der Waals surface area (Å²) in [6.45, 7) is 4.24. The maximum atomic E-state index is 9.14. The number of aliphatic hydroxyl groups is 1. The highest BCUT2D eigenvalue weighted by atomic mass is 16.5. The number of hydrogen-bond acceptors (Lipinski definition) is 5. The first-order valence-corrected chi connectivity index (χ1v) is 7.06. The van der Waals surface area contributed by atoms with Crippen molar-refractivity contribution in [3.8, 4) is 11.6 Å². The first-order valence-electron chi connectivity index (χ1n) is 7.06. The van der Waals surface area contributed by atoms with E-state index in [0.717, 1.165) is 16.9 Å². The fourth-order valence-electron chi connectivity index (χ4n) is 2.21. The van der Waals surface area contributed by atoms with Gasteiger partial charge in [-0.3, -0.25) is 0 Å². The van der Waals surface area contributed by atoms with Gasteiger partial charge in [-0.25, -0.2) is 9.97 Å². The molecular formula is C16H21N3O2. The van der Waals surface area contributed by atoms with Crippen LogP contribution in [0.15, 0.2) is 30.6 Å². The summed E-state index contributed by atoms with van der Waals surface area (Å²) in [7, 11) is 1.83. The zero-order chi connectivity index (χ0) is 15.2. The predicted octanol–water partition coefficient (Wildman–Crippen LogP) is 2.97. The summed E-state index contributed by atoms with van der Waals surface area (Å²) in [6.07, 6.45) is 2.04. The molecule has 0 atom stereocenters. The SMILES string of the molecule is CNc1ncnc(Oc2ccccc2CCO)c1C(C)C. The number of nitrogens with zero attached hydrogens (tertiary/aromatic N) is 2. The monoisotopic (exact) mass is 287 g/mol. The number of aliphatic hydroxyl groups excluding tert-OH is 1. The number of hydrogen-bond donors (Lipinski definition) is 2. The van der Waals surface area contributed by atoms with Gasteiger partial charge in [0, 0.05) is 13.7 Å². The van der Waals surface area contributed by atoms with Crippen LogP contribution in [0.1, 0.15) is 30.9 Å². The molecule has 0 radical (unpaired) electrons. The van der Waals surface area contributed by atoms with E-state index in [-0.39, 0.29) is 12.5 Å². The van der Waals surface area contributed by atoms with Gasteiger partial charge in [0.15, 0.2) is 0 Å². The van der Waals surface area contributed by atoms with Gasteiger partial charge in [0.2, 0.25) is 5.88 Å². The van der Waals surface area contributed by atoms with E-state index in [1.807, 2.05) is 31.3 Å². The van der Waals surface area contributed by atoms with E-state index < -0.39 is 0 Å². The van der Waals surface area contributed by atoms with Crippen molar-refractivity contribution in [3.63, 3.8) is 0 Å². The minimum Gasteiger partial charge on any atom is -0.438 e. The Balaban J connectivity index is 2.40. The summed E-state index contributed by atoms with van der Waals surface area (Å²) in [6, 6.07) is 7.67. The normalized spacial score (nSPS) is 10.7. The van der Waals surface area contributed by atoms with Crippen LogP contribution >= 0.6 is 0 Å². The molecule has 0 saturated carbocycles. The Morgan fingerprint density at radius 1 is 1.24 bits per heavy atom. The Kier molecular flexibility index (Phi) is 5.11. The highest BCUT2D eigenvalue weighted by Crippen LogP contribution is 2.33. The van der Waals surface area contributed by atoms with Crippen molar-refractivity contribution in [2.24, 2.45) is 0 Å². The number of aromatic nitrogens is 2. The van der Waals surface area contributed by atoms with Gasteiger partial charge in [-0.2, -0.15) is 0 Å². The average molecular weight is 287 g/mol. The molecule has 0 aliphatic heterocycles. The highest BCUT2D eigenvalue weighted by molar-refractivity contribution is 5.51. The third-order valence-electron chi connectivity index (χ3n) is 3.22. The first-order chi connectivity index (χ1) is 10.2. The molecule has 0 saturated heterocycles. The molecule has 112 valence electrons. The molecule has 0 amide bonds. The molecule has 0 aliphatic carbocycles. The van der Waals surface area contributed by atoms with Crippen molar-refractivity contribution in [3.05, 3.63) is 41.7 Å². The molecule has 21 heavy (non-hydrogen) atoms. The Hall–Kier alpha value is -2.14. The molecule has 1 aromatic heterocycles. The number of nitrogens with one attached hydrogen (secondary N) is 1. The zero-order valence-electron chi connectivity index (χ0n) is 12.6. The van der Waals surface area contributed by atoms with Gasteiger partial charge in [0.05, 0.1) is 5.56 Å². The van der Waals surface area contributed by atoms with Crippen LogP contribution in [0.5, 0.6) is 11.6 Å². The number of anilines is 1. The Bertz CT molecular complexity index is 600. The fraction of sp³-hybridized carbons (Fsp3) is 0.375. The lowest BCUT2D eigenvalue weighted by molar-refractivity contribution is 0.297. The molecule has 0 bridgehead atoms. The van der Waals surface area contributed by atoms with Gasteiger partial charge in [-0.05, 0) is 24.0 Å². The summed E-state index contributed by atoms with van der Waals surface area (Å²) < 4.78 is 5.99. The molecule has 2 aromatic rings. The lowest BCUT2D eigenvalue weighted by Crippen LogP contribution is -2.05. The molecular weight excluding hydrogens is 266 g/mol. The second kappa shape index (κ2) is 7.04. The van der Waals surface area contributed by atoms with Crippen molar-refractivity contribution in [1.82, 2.24) is 9.97 Å². The third kappa shape index (κ3) is 3.49. The van der Waals surface area contributed by atoms with Crippen LogP contribution in [0.2, 0.25) is 0 Å². The minimum absolute atomic E-state index is 0.0863. The molecule has 5 heteroatoms. The van der Waals surface area contributed by atoms with Crippen LogP contribution in [0.3, 0.4) is 0 Å². The number of ether oxygens (including phenoxy) is 1. The van der Waals surface area contributed by atoms with Crippen LogP contribution in [0, 0.1) is 0 Å². The van der Waals surface area contributed by atoms with Crippen molar-refractivity contribution in [2.75, 3.05) is 19.0 Å².